The highest BCUT2D eigenvalue weighted by Crippen LogP contribution is 2.32. The van der Waals surface area contributed by atoms with Crippen LogP contribution in [-0.4, -0.2) is 31.7 Å². The summed E-state index contributed by atoms with van der Waals surface area (Å²) in [5, 5.41) is 0.173. The quantitative estimate of drug-likeness (QED) is 0.914. The summed E-state index contributed by atoms with van der Waals surface area (Å²) >= 11 is 11.8. The number of carbonyl (C=O) groups excluding carboxylic acids is 1. The van der Waals surface area contributed by atoms with Crippen LogP contribution in [0.5, 0.6) is 0 Å². The van der Waals surface area contributed by atoms with E-state index in [0.717, 1.165) is 0 Å². The topological polar surface area (TPSA) is 80.5 Å². The summed E-state index contributed by atoms with van der Waals surface area (Å²) in [6, 6.07) is 4.44. The van der Waals surface area contributed by atoms with E-state index in [0.29, 0.717) is 19.4 Å². The average Bonchev–Trinajstić information content (AvgIpc) is 2.41. The zero-order chi connectivity index (χ0) is 14.9. The maximum atomic E-state index is 12.6. The maximum absolute atomic E-state index is 12.6. The number of nitrogens with two attached hydrogens (primary N) is 1. The molecule has 1 aromatic rings. The molecular weight excluding hydrogens is 323 g/mol. The molecule has 1 aliphatic heterocycles. The molecule has 0 bridgehead atoms. The van der Waals surface area contributed by atoms with E-state index < -0.39 is 21.8 Å². The second-order valence-corrected chi connectivity index (χ2v) is 7.35. The van der Waals surface area contributed by atoms with E-state index in [1.807, 2.05) is 0 Å². The molecule has 1 aliphatic rings. The van der Waals surface area contributed by atoms with E-state index in [2.05, 4.69) is 0 Å². The zero-order valence-corrected chi connectivity index (χ0v) is 12.9. The van der Waals surface area contributed by atoms with Crippen molar-refractivity contribution in [2.75, 3.05) is 13.1 Å². The van der Waals surface area contributed by atoms with Crippen molar-refractivity contribution in [2.45, 2.75) is 17.7 Å². The first-order valence-electron chi connectivity index (χ1n) is 6.07. The average molecular weight is 337 g/mol. The summed E-state index contributed by atoms with van der Waals surface area (Å²) < 4.78 is 26.4. The Bertz CT molecular complexity index is 634. The van der Waals surface area contributed by atoms with Gasteiger partial charge in [-0.25, -0.2) is 8.42 Å². The fraction of sp³-hybridized carbons (Fsp3) is 0.417. The van der Waals surface area contributed by atoms with Gasteiger partial charge in [0, 0.05) is 13.1 Å². The number of sulfonamides is 1. The fourth-order valence-corrected chi connectivity index (χ4v) is 4.48. The van der Waals surface area contributed by atoms with Gasteiger partial charge in [0.2, 0.25) is 15.9 Å². The maximum Gasteiger partial charge on any atom is 0.244 e. The van der Waals surface area contributed by atoms with Crippen LogP contribution in [-0.2, 0) is 14.8 Å². The van der Waals surface area contributed by atoms with Gasteiger partial charge >= 0.3 is 0 Å². The van der Waals surface area contributed by atoms with Gasteiger partial charge in [0.15, 0.2) is 0 Å². The third-order valence-corrected chi connectivity index (χ3v) is 6.16. The number of amides is 1. The molecular formula is C12H14Cl2N2O3S. The van der Waals surface area contributed by atoms with Crippen molar-refractivity contribution in [1.29, 1.82) is 0 Å². The Kier molecular flexibility index (Phi) is 4.59. The number of nitrogens with zero attached hydrogens (tertiary/aromatic N) is 1. The third-order valence-electron chi connectivity index (χ3n) is 3.32. The van der Waals surface area contributed by atoms with Crippen LogP contribution >= 0.6 is 23.2 Å². The number of hydrogen-bond acceptors (Lipinski definition) is 3. The molecule has 1 fully saturated rings. The number of piperidine rings is 1. The van der Waals surface area contributed by atoms with Gasteiger partial charge in [-0.2, -0.15) is 4.31 Å². The molecule has 1 atom stereocenters. The Morgan fingerprint density at radius 3 is 2.70 bits per heavy atom. The first-order valence-corrected chi connectivity index (χ1v) is 8.27. The molecule has 2 rings (SSSR count). The van der Waals surface area contributed by atoms with E-state index in [-0.39, 0.29) is 21.5 Å². The molecule has 1 amide bonds. The van der Waals surface area contributed by atoms with Gasteiger partial charge in [0.25, 0.3) is 0 Å². The van der Waals surface area contributed by atoms with Crippen molar-refractivity contribution in [3.8, 4) is 0 Å². The molecule has 1 unspecified atom stereocenters. The minimum absolute atomic E-state index is 0.00429. The second kappa shape index (κ2) is 5.89. The lowest BCUT2D eigenvalue weighted by molar-refractivity contribution is -0.122. The highest BCUT2D eigenvalue weighted by atomic mass is 35.5. The first kappa shape index (κ1) is 15.6. The van der Waals surface area contributed by atoms with Crippen LogP contribution in [0.3, 0.4) is 0 Å². The molecule has 8 heteroatoms. The summed E-state index contributed by atoms with van der Waals surface area (Å²) in [5.74, 6) is -0.946. The Morgan fingerprint density at radius 2 is 2.05 bits per heavy atom. The molecule has 0 radical (unpaired) electrons. The third kappa shape index (κ3) is 2.93. The Balaban J connectivity index is 2.35. The molecule has 0 spiro atoms. The van der Waals surface area contributed by atoms with Crippen LogP contribution < -0.4 is 5.73 Å². The molecule has 1 aromatic carbocycles. The van der Waals surface area contributed by atoms with Gasteiger partial charge in [0.05, 0.1) is 16.0 Å². The van der Waals surface area contributed by atoms with Gasteiger partial charge in [0.1, 0.15) is 4.90 Å². The number of carbonyl (C=O) groups is 1. The molecule has 5 nitrogen and oxygen atoms in total. The van der Waals surface area contributed by atoms with E-state index in [9.17, 15) is 13.2 Å². The monoisotopic (exact) mass is 336 g/mol. The Hall–Kier alpha value is -0.820. The number of hydrogen-bond donors (Lipinski definition) is 1. The summed E-state index contributed by atoms with van der Waals surface area (Å²) in [5.41, 5.74) is 5.26. The van der Waals surface area contributed by atoms with Crippen LogP contribution in [0.4, 0.5) is 0 Å². The Morgan fingerprint density at radius 1 is 1.35 bits per heavy atom. The molecule has 0 aromatic heterocycles. The lowest BCUT2D eigenvalue weighted by atomic mass is 9.99. The van der Waals surface area contributed by atoms with Crippen molar-refractivity contribution in [3.63, 3.8) is 0 Å². The summed E-state index contributed by atoms with van der Waals surface area (Å²) in [7, 11) is -3.77. The van der Waals surface area contributed by atoms with Crippen molar-refractivity contribution in [3.05, 3.63) is 28.2 Å². The van der Waals surface area contributed by atoms with E-state index in [1.165, 1.54) is 22.5 Å². The number of benzene rings is 1. The van der Waals surface area contributed by atoms with E-state index >= 15 is 0 Å². The highest BCUT2D eigenvalue weighted by molar-refractivity contribution is 7.89. The van der Waals surface area contributed by atoms with Crippen molar-refractivity contribution < 1.29 is 13.2 Å². The summed E-state index contributed by atoms with van der Waals surface area (Å²) in [6.45, 7) is 0.426. The van der Waals surface area contributed by atoms with Crippen molar-refractivity contribution >= 4 is 39.1 Å². The Labute approximate surface area is 127 Å². The van der Waals surface area contributed by atoms with Gasteiger partial charge < -0.3 is 5.73 Å². The predicted octanol–water partition coefficient (Wildman–Crippen LogP) is 1.88. The largest absolute Gasteiger partial charge is 0.369 e. The zero-order valence-electron chi connectivity index (χ0n) is 10.6. The molecule has 0 aliphatic carbocycles. The minimum atomic E-state index is -3.77. The molecule has 1 saturated heterocycles. The molecule has 0 saturated carbocycles. The molecule has 2 N–H and O–H groups in total. The lowest BCUT2D eigenvalue weighted by Gasteiger charge is -2.30. The summed E-state index contributed by atoms with van der Waals surface area (Å²) in [4.78, 5) is 11.2. The van der Waals surface area contributed by atoms with Crippen LogP contribution in [0.25, 0.3) is 0 Å². The first-order chi connectivity index (χ1) is 9.34. The van der Waals surface area contributed by atoms with Crippen LogP contribution in [0, 0.1) is 5.92 Å². The SMILES string of the molecule is NC(=O)C1CCCN(S(=O)(=O)c2cccc(Cl)c2Cl)C1. The van der Waals surface area contributed by atoms with Crippen LogP contribution in [0.1, 0.15) is 12.8 Å². The van der Waals surface area contributed by atoms with E-state index in [4.69, 9.17) is 28.9 Å². The standard InChI is InChI=1S/C12H14Cl2N2O3S/c13-9-4-1-5-10(11(9)14)20(18,19)16-6-2-3-8(7-16)12(15)17/h1,4-5,8H,2-3,6-7H2,(H2,15,17). The summed E-state index contributed by atoms with van der Waals surface area (Å²) in [6.07, 6.45) is 1.19. The molecule has 20 heavy (non-hydrogen) atoms. The number of primary amides is 1. The molecule has 110 valence electrons. The van der Waals surface area contributed by atoms with Crippen molar-refractivity contribution in [1.82, 2.24) is 4.31 Å². The van der Waals surface area contributed by atoms with Gasteiger partial charge in [-0.1, -0.05) is 29.3 Å². The van der Waals surface area contributed by atoms with Crippen LogP contribution in [0.15, 0.2) is 23.1 Å². The lowest BCUT2D eigenvalue weighted by Crippen LogP contribution is -2.44. The number of halogens is 2. The second-order valence-electron chi connectivity index (χ2n) is 4.66. The van der Waals surface area contributed by atoms with Gasteiger partial charge in [-0.15, -0.1) is 0 Å². The fourth-order valence-electron chi connectivity index (χ4n) is 2.22. The van der Waals surface area contributed by atoms with Crippen LogP contribution in [0.2, 0.25) is 10.0 Å². The van der Waals surface area contributed by atoms with Crippen molar-refractivity contribution in [2.24, 2.45) is 11.7 Å². The normalized spacial score (nSPS) is 20.8. The molecule has 1 heterocycles. The highest BCUT2D eigenvalue weighted by Gasteiger charge is 2.33. The van der Waals surface area contributed by atoms with E-state index in [1.54, 1.807) is 0 Å². The smallest absolute Gasteiger partial charge is 0.244 e. The number of rotatable bonds is 3. The van der Waals surface area contributed by atoms with Gasteiger partial charge in [-0.3, -0.25) is 4.79 Å². The minimum Gasteiger partial charge on any atom is -0.369 e. The van der Waals surface area contributed by atoms with Gasteiger partial charge in [-0.05, 0) is 25.0 Å². The predicted molar refractivity (Wildman–Crippen MR) is 77.1 cm³/mol.